The number of aryl methyl sites for hydroxylation is 2. The second kappa shape index (κ2) is 8.09. The smallest absolute Gasteiger partial charge is 0.220 e. The van der Waals surface area contributed by atoms with E-state index in [1.807, 2.05) is 35.0 Å². The van der Waals surface area contributed by atoms with Crippen molar-refractivity contribution in [2.75, 3.05) is 13.7 Å². The van der Waals surface area contributed by atoms with E-state index in [0.717, 1.165) is 24.3 Å². The van der Waals surface area contributed by atoms with Crippen molar-refractivity contribution in [1.82, 2.24) is 14.9 Å². The number of para-hydroxylation sites is 1. The lowest BCUT2D eigenvalue weighted by Gasteiger charge is -2.08. The third-order valence-electron chi connectivity index (χ3n) is 3.29. The Balaban J connectivity index is 1.65. The van der Waals surface area contributed by atoms with E-state index in [4.69, 9.17) is 4.74 Å². The van der Waals surface area contributed by atoms with Gasteiger partial charge in [0.15, 0.2) is 0 Å². The molecule has 0 saturated heterocycles. The van der Waals surface area contributed by atoms with Crippen LogP contribution in [0.25, 0.3) is 0 Å². The summed E-state index contributed by atoms with van der Waals surface area (Å²) in [5.41, 5.74) is 1.06. The number of aromatic nitrogens is 2. The maximum Gasteiger partial charge on any atom is 0.220 e. The quantitative estimate of drug-likeness (QED) is 0.756. The molecule has 0 bridgehead atoms. The number of ether oxygens (including phenoxy) is 1. The topological polar surface area (TPSA) is 56.1 Å². The highest BCUT2D eigenvalue weighted by Gasteiger charge is 2.05. The SMILES string of the molecule is COc1ccccc1CCC(=O)NCCCn1ccnc1. The van der Waals surface area contributed by atoms with E-state index in [1.165, 1.54) is 0 Å². The molecule has 1 amide bonds. The predicted octanol–water partition coefficient (Wildman–Crippen LogP) is 2.03. The van der Waals surface area contributed by atoms with E-state index in [0.29, 0.717) is 19.4 Å². The number of methoxy groups -OCH3 is 1. The van der Waals surface area contributed by atoms with Gasteiger partial charge in [-0.1, -0.05) is 18.2 Å². The summed E-state index contributed by atoms with van der Waals surface area (Å²) >= 11 is 0. The minimum Gasteiger partial charge on any atom is -0.496 e. The highest BCUT2D eigenvalue weighted by Crippen LogP contribution is 2.18. The first-order chi connectivity index (χ1) is 10.3. The van der Waals surface area contributed by atoms with Crippen LogP contribution in [0.4, 0.5) is 0 Å². The summed E-state index contributed by atoms with van der Waals surface area (Å²) < 4.78 is 7.28. The Morgan fingerprint density at radius 2 is 2.24 bits per heavy atom. The van der Waals surface area contributed by atoms with Gasteiger partial charge < -0.3 is 14.6 Å². The summed E-state index contributed by atoms with van der Waals surface area (Å²) in [4.78, 5) is 15.8. The third kappa shape index (κ3) is 4.95. The molecule has 0 saturated carbocycles. The molecule has 0 aliphatic rings. The first-order valence-corrected chi connectivity index (χ1v) is 7.14. The summed E-state index contributed by atoms with van der Waals surface area (Å²) in [7, 11) is 1.65. The maximum absolute atomic E-state index is 11.8. The second-order valence-electron chi connectivity index (χ2n) is 4.82. The zero-order chi connectivity index (χ0) is 14.9. The molecule has 0 atom stereocenters. The van der Waals surface area contributed by atoms with Gasteiger partial charge in [0, 0.05) is 31.9 Å². The van der Waals surface area contributed by atoms with Crippen LogP contribution in [0.5, 0.6) is 5.75 Å². The summed E-state index contributed by atoms with van der Waals surface area (Å²) in [5.74, 6) is 0.914. The standard InChI is InChI=1S/C16H21N3O2/c1-21-15-6-3-2-5-14(15)7-8-16(20)18-9-4-11-19-12-10-17-13-19/h2-3,5-6,10,12-13H,4,7-9,11H2,1H3,(H,18,20). The first kappa shape index (κ1) is 15.1. The van der Waals surface area contributed by atoms with Crippen LogP contribution >= 0.6 is 0 Å². The van der Waals surface area contributed by atoms with E-state index in [1.54, 1.807) is 19.6 Å². The molecule has 0 aliphatic heterocycles. The summed E-state index contributed by atoms with van der Waals surface area (Å²) in [6, 6.07) is 7.79. The molecular weight excluding hydrogens is 266 g/mol. The van der Waals surface area contributed by atoms with Crippen LogP contribution in [0.15, 0.2) is 43.0 Å². The van der Waals surface area contributed by atoms with Gasteiger partial charge in [0.1, 0.15) is 5.75 Å². The fourth-order valence-electron chi connectivity index (χ4n) is 2.15. The lowest BCUT2D eigenvalue weighted by molar-refractivity contribution is -0.121. The molecule has 0 fully saturated rings. The molecule has 5 nitrogen and oxygen atoms in total. The molecule has 112 valence electrons. The van der Waals surface area contributed by atoms with Gasteiger partial charge in [0.25, 0.3) is 0 Å². The zero-order valence-electron chi connectivity index (χ0n) is 12.3. The maximum atomic E-state index is 11.8. The van der Waals surface area contributed by atoms with E-state index in [-0.39, 0.29) is 5.91 Å². The molecule has 2 aromatic rings. The Kier molecular flexibility index (Phi) is 5.82. The normalized spacial score (nSPS) is 10.3. The summed E-state index contributed by atoms with van der Waals surface area (Å²) in [6.45, 7) is 1.55. The fourth-order valence-corrected chi connectivity index (χ4v) is 2.15. The van der Waals surface area contributed by atoms with E-state index >= 15 is 0 Å². The van der Waals surface area contributed by atoms with Gasteiger partial charge in [-0.2, -0.15) is 0 Å². The molecule has 1 aromatic heterocycles. The van der Waals surface area contributed by atoms with Crippen molar-refractivity contribution >= 4 is 5.91 Å². The van der Waals surface area contributed by atoms with Gasteiger partial charge in [-0.05, 0) is 24.5 Å². The molecule has 5 heteroatoms. The van der Waals surface area contributed by atoms with Crippen LogP contribution in [0.3, 0.4) is 0 Å². The molecule has 0 aliphatic carbocycles. The summed E-state index contributed by atoms with van der Waals surface area (Å²) in [6.07, 6.45) is 7.53. The molecule has 2 rings (SSSR count). The fraction of sp³-hybridized carbons (Fsp3) is 0.375. The van der Waals surface area contributed by atoms with E-state index in [2.05, 4.69) is 10.3 Å². The van der Waals surface area contributed by atoms with E-state index < -0.39 is 0 Å². The number of hydrogen-bond acceptors (Lipinski definition) is 3. The second-order valence-corrected chi connectivity index (χ2v) is 4.82. The highest BCUT2D eigenvalue weighted by molar-refractivity contribution is 5.76. The van der Waals surface area contributed by atoms with Gasteiger partial charge in [-0.25, -0.2) is 4.98 Å². The molecule has 1 heterocycles. The van der Waals surface area contributed by atoms with Crippen LogP contribution in [-0.4, -0.2) is 29.1 Å². The van der Waals surface area contributed by atoms with Crippen LogP contribution in [0.1, 0.15) is 18.4 Å². The van der Waals surface area contributed by atoms with Crippen molar-refractivity contribution in [2.45, 2.75) is 25.8 Å². The largest absolute Gasteiger partial charge is 0.496 e. The molecule has 1 aromatic carbocycles. The third-order valence-corrected chi connectivity index (χ3v) is 3.29. The van der Waals surface area contributed by atoms with Crippen LogP contribution in [0, 0.1) is 0 Å². The van der Waals surface area contributed by atoms with Crippen molar-refractivity contribution in [3.63, 3.8) is 0 Å². The monoisotopic (exact) mass is 287 g/mol. The number of carbonyl (C=O) groups is 1. The number of nitrogens with one attached hydrogen (secondary N) is 1. The number of benzene rings is 1. The number of hydrogen-bond donors (Lipinski definition) is 1. The van der Waals surface area contributed by atoms with Crippen molar-refractivity contribution in [1.29, 1.82) is 0 Å². The zero-order valence-corrected chi connectivity index (χ0v) is 12.3. The molecule has 1 N–H and O–H groups in total. The van der Waals surface area contributed by atoms with Gasteiger partial charge in [0.05, 0.1) is 13.4 Å². The van der Waals surface area contributed by atoms with Crippen molar-refractivity contribution in [3.8, 4) is 5.75 Å². The van der Waals surface area contributed by atoms with Crippen molar-refractivity contribution in [2.24, 2.45) is 0 Å². The molecule has 21 heavy (non-hydrogen) atoms. The molecular formula is C16H21N3O2. The Hall–Kier alpha value is -2.30. The Labute approximate surface area is 125 Å². The minimum absolute atomic E-state index is 0.0755. The average molecular weight is 287 g/mol. The first-order valence-electron chi connectivity index (χ1n) is 7.14. The number of carbonyl (C=O) groups excluding carboxylic acids is 1. The van der Waals surface area contributed by atoms with Crippen molar-refractivity contribution in [3.05, 3.63) is 48.5 Å². The van der Waals surface area contributed by atoms with Crippen LogP contribution < -0.4 is 10.1 Å². The Morgan fingerprint density at radius 1 is 1.38 bits per heavy atom. The number of nitrogens with zero attached hydrogens (tertiary/aromatic N) is 2. The lowest BCUT2D eigenvalue weighted by atomic mass is 10.1. The Morgan fingerprint density at radius 3 is 3.00 bits per heavy atom. The number of rotatable bonds is 8. The summed E-state index contributed by atoms with van der Waals surface area (Å²) in [5, 5.41) is 2.94. The van der Waals surface area contributed by atoms with Gasteiger partial charge in [0.2, 0.25) is 5.91 Å². The minimum atomic E-state index is 0.0755. The van der Waals surface area contributed by atoms with Gasteiger partial charge in [-0.15, -0.1) is 0 Å². The predicted molar refractivity (Wildman–Crippen MR) is 81.2 cm³/mol. The molecule has 0 unspecified atom stereocenters. The Bertz CT molecular complexity index is 552. The number of amides is 1. The van der Waals surface area contributed by atoms with Crippen molar-refractivity contribution < 1.29 is 9.53 Å². The molecule has 0 radical (unpaired) electrons. The van der Waals surface area contributed by atoms with Gasteiger partial charge >= 0.3 is 0 Å². The van der Waals surface area contributed by atoms with Crippen LogP contribution in [0.2, 0.25) is 0 Å². The van der Waals surface area contributed by atoms with E-state index in [9.17, 15) is 4.79 Å². The molecule has 0 spiro atoms. The number of imidazole rings is 1. The van der Waals surface area contributed by atoms with Crippen LogP contribution in [-0.2, 0) is 17.8 Å². The average Bonchev–Trinajstić information content (AvgIpc) is 3.03. The van der Waals surface area contributed by atoms with Gasteiger partial charge in [-0.3, -0.25) is 4.79 Å². The highest BCUT2D eigenvalue weighted by atomic mass is 16.5. The lowest BCUT2D eigenvalue weighted by Crippen LogP contribution is -2.25.